The first-order chi connectivity index (χ1) is 14.5. The highest BCUT2D eigenvalue weighted by Crippen LogP contribution is 2.32. The summed E-state index contributed by atoms with van der Waals surface area (Å²) in [6.45, 7) is 14.5. The van der Waals surface area contributed by atoms with Gasteiger partial charge in [-0.15, -0.1) is 0 Å². The van der Waals surface area contributed by atoms with Crippen LogP contribution in [0.4, 0.5) is 0 Å². The molecule has 0 heterocycles. The van der Waals surface area contributed by atoms with E-state index < -0.39 is 0 Å². The summed E-state index contributed by atoms with van der Waals surface area (Å²) in [4.78, 5) is 0. The molecule has 0 bridgehead atoms. The van der Waals surface area contributed by atoms with E-state index >= 15 is 0 Å². The molecular weight excluding hydrogens is 360 g/mol. The fourth-order valence-corrected chi connectivity index (χ4v) is 5.40. The fraction of sp³-hybridized carbons (Fsp3) is 1.00. The van der Waals surface area contributed by atoms with Gasteiger partial charge in [-0.25, -0.2) is 0 Å². The van der Waals surface area contributed by atoms with Crippen LogP contribution in [-0.4, -0.2) is 0 Å². The third-order valence-corrected chi connectivity index (χ3v) is 7.65. The van der Waals surface area contributed by atoms with Gasteiger partial charge in [0, 0.05) is 0 Å². The van der Waals surface area contributed by atoms with E-state index in [0.29, 0.717) is 0 Å². The molecule has 3 atom stereocenters. The van der Waals surface area contributed by atoms with Crippen LogP contribution in [0.3, 0.4) is 0 Å². The van der Waals surface area contributed by atoms with Gasteiger partial charge >= 0.3 is 0 Å². The van der Waals surface area contributed by atoms with Crippen LogP contribution >= 0.6 is 0 Å². The Morgan fingerprint density at radius 2 is 0.767 bits per heavy atom. The van der Waals surface area contributed by atoms with Crippen molar-refractivity contribution in [2.45, 2.75) is 170 Å². The topological polar surface area (TPSA) is 0 Å². The normalized spacial score (nSPS) is 14.9. The third-order valence-electron chi connectivity index (χ3n) is 7.65. The van der Waals surface area contributed by atoms with Gasteiger partial charge in [-0.05, 0) is 23.7 Å². The lowest BCUT2D eigenvalue weighted by molar-refractivity contribution is 0.213. The lowest BCUT2D eigenvalue weighted by Crippen LogP contribution is -2.19. The SMILES string of the molecule is CCCCCCCCCCCCCCCCCCC(C)C(CC)C(C)CCC(C)C. The molecule has 0 spiro atoms. The first kappa shape index (κ1) is 30.0. The Hall–Kier alpha value is 0. The molecule has 182 valence electrons. The second-order valence-electron chi connectivity index (χ2n) is 11.1. The van der Waals surface area contributed by atoms with Crippen molar-refractivity contribution in [3.8, 4) is 0 Å². The van der Waals surface area contributed by atoms with Gasteiger partial charge in [-0.3, -0.25) is 0 Å². The van der Waals surface area contributed by atoms with E-state index in [1.807, 2.05) is 0 Å². The largest absolute Gasteiger partial charge is 0.0654 e. The molecule has 0 amide bonds. The fourth-order valence-electron chi connectivity index (χ4n) is 5.40. The van der Waals surface area contributed by atoms with Crippen LogP contribution in [0.2, 0.25) is 0 Å². The van der Waals surface area contributed by atoms with Crippen LogP contribution in [0.15, 0.2) is 0 Å². The lowest BCUT2D eigenvalue weighted by Gasteiger charge is -2.29. The molecule has 0 rings (SSSR count). The van der Waals surface area contributed by atoms with E-state index in [2.05, 4.69) is 41.5 Å². The van der Waals surface area contributed by atoms with Crippen molar-refractivity contribution in [2.75, 3.05) is 0 Å². The highest BCUT2D eigenvalue weighted by atomic mass is 14.3. The summed E-state index contributed by atoms with van der Waals surface area (Å²) >= 11 is 0. The van der Waals surface area contributed by atoms with Gasteiger partial charge in [0.2, 0.25) is 0 Å². The smallest absolute Gasteiger partial charge is 0.0365 e. The van der Waals surface area contributed by atoms with Gasteiger partial charge < -0.3 is 0 Å². The average molecular weight is 423 g/mol. The van der Waals surface area contributed by atoms with Crippen LogP contribution < -0.4 is 0 Å². The van der Waals surface area contributed by atoms with Gasteiger partial charge in [0.05, 0.1) is 0 Å². The van der Waals surface area contributed by atoms with Crippen molar-refractivity contribution in [3.05, 3.63) is 0 Å². The molecule has 0 aromatic heterocycles. The van der Waals surface area contributed by atoms with Crippen molar-refractivity contribution in [1.82, 2.24) is 0 Å². The van der Waals surface area contributed by atoms with E-state index in [1.165, 1.54) is 128 Å². The van der Waals surface area contributed by atoms with Crippen LogP contribution in [0, 0.1) is 23.7 Å². The quantitative estimate of drug-likeness (QED) is 0.144. The first-order valence-electron chi connectivity index (χ1n) is 14.5. The van der Waals surface area contributed by atoms with E-state index in [9.17, 15) is 0 Å². The van der Waals surface area contributed by atoms with Gasteiger partial charge in [-0.2, -0.15) is 0 Å². The van der Waals surface area contributed by atoms with Crippen LogP contribution in [0.1, 0.15) is 170 Å². The standard InChI is InChI=1S/C30H62/c1-7-9-10-11-12-13-14-15-16-17-18-19-20-21-22-23-24-28(5)30(8-2)29(6)26-25-27(3)4/h27-30H,7-26H2,1-6H3. The van der Waals surface area contributed by atoms with Crippen molar-refractivity contribution in [1.29, 1.82) is 0 Å². The zero-order valence-electron chi connectivity index (χ0n) is 22.5. The molecule has 0 N–H and O–H groups in total. The molecule has 0 heteroatoms. The minimum absolute atomic E-state index is 0.862. The summed E-state index contributed by atoms with van der Waals surface area (Å²) in [5, 5.41) is 0. The Labute approximate surface area is 193 Å². The van der Waals surface area contributed by atoms with Crippen LogP contribution in [0.5, 0.6) is 0 Å². The molecule has 0 aliphatic rings. The van der Waals surface area contributed by atoms with Gasteiger partial charge in [-0.1, -0.05) is 170 Å². The zero-order valence-corrected chi connectivity index (χ0v) is 22.5. The Morgan fingerprint density at radius 3 is 1.13 bits per heavy atom. The second-order valence-corrected chi connectivity index (χ2v) is 11.1. The molecule has 0 aromatic carbocycles. The minimum atomic E-state index is 0.862. The predicted molar refractivity (Wildman–Crippen MR) is 140 cm³/mol. The van der Waals surface area contributed by atoms with Crippen LogP contribution in [0.25, 0.3) is 0 Å². The maximum Gasteiger partial charge on any atom is -0.0365 e. The Balaban J connectivity index is 3.45. The van der Waals surface area contributed by atoms with E-state index in [4.69, 9.17) is 0 Å². The highest BCUT2D eigenvalue weighted by molar-refractivity contribution is 4.72. The van der Waals surface area contributed by atoms with E-state index in [0.717, 1.165) is 23.7 Å². The van der Waals surface area contributed by atoms with E-state index in [1.54, 1.807) is 0 Å². The second kappa shape index (κ2) is 22.2. The molecular formula is C30H62. The van der Waals surface area contributed by atoms with Crippen molar-refractivity contribution < 1.29 is 0 Å². The molecule has 0 saturated carbocycles. The predicted octanol–water partition coefficient (Wildman–Crippen LogP) is 11.4. The summed E-state index contributed by atoms with van der Waals surface area (Å²) in [7, 11) is 0. The number of rotatable bonds is 23. The Morgan fingerprint density at radius 1 is 0.400 bits per heavy atom. The average Bonchev–Trinajstić information content (AvgIpc) is 2.72. The van der Waals surface area contributed by atoms with Crippen molar-refractivity contribution in [2.24, 2.45) is 23.7 Å². The maximum atomic E-state index is 2.53. The van der Waals surface area contributed by atoms with Gasteiger partial charge in [0.25, 0.3) is 0 Å². The van der Waals surface area contributed by atoms with Crippen LogP contribution in [-0.2, 0) is 0 Å². The number of unbranched alkanes of at least 4 members (excludes halogenated alkanes) is 15. The number of hydrogen-bond donors (Lipinski definition) is 0. The summed E-state index contributed by atoms with van der Waals surface area (Å²) in [5.41, 5.74) is 0. The zero-order chi connectivity index (χ0) is 22.5. The molecule has 0 nitrogen and oxygen atoms in total. The van der Waals surface area contributed by atoms with Crippen molar-refractivity contribution in [3.63, 3.8) is 0 Å². The lowest BCUT2D eigenvalue weighted by atomic mass is 9.76. The minimum Gasteiger partial charge on any atom is -0.0654 e. The van der Waals surface area contributed by atoms with E-state index in [-0.39, 0.29) is 0 Å². The summed E-state index contributed by atoms with van der Waals surface area (Å²) in [6.07, 6.45) is 29.2. The molecule has 0 aromatic rings. The Bertz CT molecular complexity index is 318. The maximum absolute atomic E-state index is 2.53. The monoisotopic (exact) mass is 422 g/mol. The Kier molecular flexibility index (Phi) is 22.2. The van der Waals surface area contributed by atoms with Gasteiger partial charge in [0.15, 0.2) is 0 Å². The molecule has 0 radical (unpaired) electrons. The number of hydrogen-bond acceptors (Lipinski definition) is 0. The summed E-state index contributed by atoms with van der Waals surface area (Å²) in [5.74, 6) is 3.64. The summed E-state index contributed by atoms with van der Waals surface area (Å²) in [6, 6.07) is 0. The molecule has 0 fully saturated rings. The molecule has 30 heavy (non-hydrogen) atoms. The molecule has 0 saturated heterocycles. The summed E-state index contributed by atoms with van der Waals surface area (Å²) < 4.78 is 0. The molecule has 0 aliphatic heterocycles. The van der Waals surface area contributed by atoms with Gasteiger partial charge in [0.1, 0.15) is 0 Å². The van der Waals surface area contributed by atoms with Crippen molar-refractivity contribution >= 4 is 0 Å². The first-order valence-corrected chi connectivity index (χ1v) is 14.5. The third kappa shape index (κ3) is 18.7. The highest BCUT2D eigenvalue weighted by Gasteiger charge is 2.21. The molecule has 3 unspecified atom stereocenters. The molecule has 0 aliphatic carbocycles.